The average Bonchev–Trinajstić information content (AvgIpc) is 2.77. The zero-order valence-corrected chi connectivity index (χ0v) is 11.8. The Morgan fingerprint density at radius 1 is 1.42 bits per heavy atom. The van der Waals surface area contributed by atoms with Crippen LogP contribution in [0.2, 0.25) is 0 Å². The molecular formula is C8H14N4O5S2. The molecule has 1 rings (SSSR count). The van der Waals surface area contributed by atoms with Gasteiger partial charge in [0.05, 0.1) is 19.8 Å². The second-order valence-electron chi connectivity index (χ2n) is 3.29. The first kappa shape index (κ1) is 15.9. The molecule has 1 aromatic rings. The summed E-state index contributed by atoms with van der Waals surface area (Å²) >= 11 is 0.751. The molecule has 1 amide bonds. The number of ether oxygens (including phenoxy) is 1. The number of hydrogen-bond donors (Lipinski definition) is 3. The Bertz CT molecular complexity index is 515. The second kappa shape index (κ2) is 7.45. The van der Waals surface area contributed by atoms with Gasteiger partial charge in [0.2, 0.25) is 15.4 Å². The predicted molar refractivity (Wildman–Crippen MR) is 67.3 cm³/mol. The van der Waals surface area contributed by atoms with E-state index in [9.17, 15) is 13.2 Å². The number of anilines is 1. The Balaban J connectivity index is 2.52. The number of aliphatic hydroxyl groups is 1. The van der Waals surface area contributed by atoms with E-state index >= 15 is 0 Å². The van der Waals surface area contributed by atoms with Crippen molar-refractivity contribution >= 4 is 32.4 Å². The van der Waals surface area contributed by atoms with E-state index in [1.807, 2.05) is 0 Å². The standard InChI is InChI=1S/C8H14N4O5S2/c1-6(14)10-7-11-12-8(18-7)19(15,16)9-2-4-17-5-3-13/h9,13H,2-5H2,1H3,(H,10,11,14). The van der Waals surface area contributed by atoms with E-state index in [-0.39, 0.29) is 41.7 Å². The molecule has 0 radical (unpaired) electrons. The molecule has 0 aromatic carbocycles. The van der Waals surface area contributed by atoms with Crippen LogP contribution in [0.15, 0.2) is 4.34 Å². The van der Waals surface area contributed by atoms with E-state index in [2.05, 4.69) is 20.2 Å². The number of aliphatic hydroxyl groups excluding tert-OH is 1. The Hall–Kier alpha value is -1.14. The van der Waals surface area contributed by atoms with Crippen LogP contribution >= 0.6 is 11.3 Å². The van der Waals surface area contributed by atoms with Crippen molar-refractivity contribution in [2.75, 3.05) is 31.7 Å². The molecule has 3 N–H and O–H groups in total. The third kappa shape index (κ3) is 5.57. The van der Waals surface area contributed by atoms with E-state index in [1.165, 1.54) is 6.92 Å². The van der Waals surface area contributed by atoms with Gasteiger partial charge in [0.15, 0.2) is 0 Å². The van der Waals surface area contributed by atoms with Crippen molar-refractivity contribution in [3.63, 3.8) is 0 Å². The molecule has 0 saturated carbocycles. The molecule has 0 fully saturated rings. The Labute approximate surface area is 114 Å². The normalized spacial score (nSPS) is 11.5. The van der Waals surface area contributed by atoms with Gasteiger partial charge in [-0.3, -0.25) is 4.79 Å². The van der Waals surface area contributed by atoms with Gasteiger partial charge >= 0.3 is 0 Å². The van der Waals surface area contributed by atoms with Crippen LogP contribution in [0, 0.1) is 0 Å². The van der Waals surface area contributed by atoms with Gasteiger partial charge in [-0.05, 0) is 0 Å². The largest absolute Gasteiger partial charge is 0.394 e. The van der Waals surface area contributed by atoms with Crippen LogP contribution in [0.4, 0.5) is 5.13 Å². The molecule has 0 aliphatic heterocycles. The number of carbonyl (C=O) groups is 1. The lowest BCUT2D eigenvalue weighted by molar-refractivity contribution is -0.114. The lowest BCUT2D eigenvalue weighted by Gasteiger charge is -2.03. The minimum atomic E-state index is -3.76. The monoisotopic (exact) mass is 310 g/mol. The number of hydrogen-bond acceptors (Lipinski definition) is 8. The van der Waals surface area contributed by atoms with Crippen molar-refractivity contribution in [1.82, 2.24) is 14.9 Å². The molecular weight excluding hydrogens is 296 g/mol. The molecule has 1 aromatic heterocycles. The Morgan fingerprint density at radius 2 is 2.16 bits per heavy atom. The van der Waals surface area contributed by atoms with E-state index in [4.69, 9.17) is 9.84 Å². The van der Waals surface area contributed by atoms with E-state index in [0.29, 0.717) is 0 Å². The topological polar surface area (TPSA) is 131 Å². The molecule has 0 bridgehead atoms. The summed E-state index contributed by atoms with van der Waals surface area (Å²) in [6.07, 6.45) is 0. The van der Waals surface area contributed by atoms with Crippen LogP contribution in [0.3, 0.4) is 0 Å². The number of aromatic nitrogens is 2. The lowest BCUT2D eigenvalue weighted by atomic mass is 10.7. The summed E-state index contributed by atoms with van der Waals surface area (Å²) in [4.78, 5) is 10.8. The molecule has 1 heterocycles. The molecule has 9 nitrogen and oxygen atoms in total. The van der Waals surface area contributed by atoms with Crippen LogP contribution in [0.25, 0.3) is 0 Å². The van der Waals surface area contributed by atoms with Crippen molar-refractivity contribution in [3.05, 3.63) is 0 Å². The number of rotatable bonds is 8. The minimum absolute atomic E-state index is 0.0530. The van der Waals surface area contributed by atoms with E-state index in [0.717, 1.165) is 11.3 Å². The van der Waals surface area contributed by atoms with E-state index in [1.54, 1.807) is 0 Å². The van der Waals surface area contributed by atoms with Gasteiger partial charge in [-0.1, -0.05) is 11.3 Å². The zero-order chi connectivity index (χ0) is 14.3. The molecule has 0 aliphatic carbocycles. The highest BCUT2D eigenvalue weighted by Gasteiger charge is 2.19. The molecule has 0 unspecified atom stereocenters. The third-order valence-corrected chi connectivity index (χ3v) is 4.36. The first-order valence-corrected chi connectivity index (χ1v) is 7.55. The summed E-state index contributed by atoms with van der Waals surface area (Å²) in [5, 5.41) is 17.9. The summed E-state index contributed by atoms with van der Waals surface area (Å²) in [6, 6.07) is 0. The molecule has 11 heteroatoms. The minimum Gasteiger partial charge on any atom is -0.394 e. The predicted octanol–water partition coefficient (Wildman–Crippen LogP) is -1.22. The van der Waals surface area contributed by atoms with Gasteiger partial charge in [0, 0.05) is 13.5 Å². The highest BCUT2D eigenvalue weighted by molar-refractivity contribution is 7.91. The maximum atomic E-state index is 11.7. The van der Waals surface area contributed by atoms with Gasteiger partial charge in [0.1, 0.15) is 0 Å². The number of sulfonamides is 1. The summed E-state index contributed by atoms with van der Waals surface area (Å²) in [6.45, 7) is 1.50. The fourth-order valence-electron chi connectivity index (χ4n) is 0.996. The highest BCUT2D eigenvalue weighted by Crippen LogP contribution is 2.19. The van der Waals surface area contributed by atoms with Gasteiger partial charge < -0.3 is 15.2 Å². The van der Waals surface area contributed by atoms with Gasteiger partial charge in [-0.2, -0.15) is 0 Å². The quantitative estimate of drug-likeness (QED) is 0.405. The first-order valence-electron chi connectivity index (χ1n) is 5.25. The van der Waals surface area contributed by atoms with Gasteiger partial charge in [0.25, 0.3) is 10.0 Å². The Kier molecular flexibility index (Phi) is 6.24. The Morgan fingerprint density at radius 3 is 2.79 bits per heavy atom. The summed E-state index contributed by atoms with van der Waals surface area (Å²) in [5.41, 5.74) is 0. The smallest absolute Gasteiger partial charge is 0.269 e. The average molecular weight is 310 g/mol. The van der Waals surface area contributed by atoms with Crippen LogP contribution < -0.4 is 10.0 Å². The summed E-state index contributed by atoms with van der Waals surface area (Å²) in [7, 11) is -3.76. The summed E-state index contributed by atoms with van der Waals surface area (Å²) < 4.78 is 30.4. The van der Waals surface area contributed by atoms with Crippen molar-refractivity contribution in [3.8, 4) is 0 Å². The fourth-order valence-corrected chi connectivity index (χ4v) is 3.00. The molecule has 19 heavy (non-hydrogen) atoms. The van der Waals surface area contributed by atoms with Gasteiger partial charge in [-0.25, -0.2) is 13.1 Å². The van der Waals surface area contributed by atoms with Gasteiger partial charge in [-0.15, -0.1) is 10.2 Å². The fraction of sp³-hybridized carbons (Fsp3) is 0.625. The van der Waals surface area contributed by atoms with Crippen molar-refractivity contribution in [2.45, 2.75) is 11.3 Å². The van der Waals surface area contributed by atoms with Crippen molar-refractivity contribution in [1.29, 1.82) is 0 Å². The highest BCUT2D eigenvalue weighted by atomic mass is 32.2. The molecule has 0 atom stereocenters. The summed E-state index contributed by atoms with van der Waals surface area (Å²) in [5.74, 6) is -0.356. The zero-order valence-electron chi connectivity index (χ0n) is 10.1. The molecule has 108 valence electrons. The maximum absolute atomic E-state index is 11.7. The first-order chi connectivity index (χ1) is 8.95. The number of amides is 1. The molecule has 0 spiro atoms. The number of nitrogens with zero attached hydrogens (tertiary/aromatic N) is 2. The van der Waals surface area contributed by atoms with Crippen LogP contribution in [0.5, 0.6) is 0 Å². The lowest BCUT2D eigenvalue weighted by Crippen LogP contribution is -2.27. The van der Waals surface area contributed by atoms with Crippen LogP contribution in [-0.4, -0.2) is 56.0 Å². The van der Waals surface area contributed by atoms with E-state index < -0.39 is 10.0 Å². The van der Waals surface area contributed by atoms with Crippen LogP contribution in [0.1, 0.15) is 6.92 Å². The molecule has 0 saturated heterocycles. The maximum Gasteiger partial charge on any atom is 0.269 e. The number of nitrogens with one attached hydrogen (secondary N) is 2. The van der Waals surface area contributed by atoms with Crippen molar-refractivity contribution in [2.24, 2.45) is 0 Å². The number of carbonyl (C=O) groups excluding carboxylic acids is 1. The van der Waals surface area contributed by atoms with Crippen LogP contribution in [-0.2, 0) is 19.6 Å². The third-order valence-electron chi connectivity index (χ3n) is 1.69. The molecule has 0 aliphatic rings. The van der Waals surface area contributed by atoms with Crippen molar-refractivity contribution < 1.29 is 23.1 Å². The second-order valence-corrected chi connectivity index (χ2v) is 6.21. The SMILES string of the molecule is CC(=O)Nc1nnc(S(=O)(=O)NCCOCCO)s1.